The summed E-state index contributed by atoms with van der Waals surface area (Å²) in [4.78, 5) is 12.6. The second-order valence-corrected chi connectivity index (χ2v) is 5.03. The molecule has 0 aromatic rings. The second-order valence-electron chi connectivity index (χ2n) is 5.03. The number of allylic oxidation sites excluding steroid dienone is 3. The van der Waals surface area contributed by atoms with E-state index in [0.29, 0.717) is 30.1 Å². The van der Waals surface area contributed by atoms with E-state index in [2.05, 4.69) is 31.2 Å². The second kappa shape index (κ2) is 5.78. The van der Waals surface area contributed by atoms with Gasteiger partial charge in [0, 0.05) is 18.8 Å². The van der Waals surface area contributed by atoms with Crippen LogP contribution in [-0.2, 0) is 4.79 Å². The molecule has 2 aliphatic rings. The summed E-state index contributed by atoms with van der Waals surface area (Å²) < 4.78 is 0. The number of rotatable bonds is 2. The average Bonchev–Trinajstić information content (AvgIpc) is 2.16. The van der Waals surface area contributed by atoms with Gasteiger partial charge in [-0.25, -0.2) is 0 Å². The van der Waals surface area contributed by atoms with Crippen molar-refractivity contribution in [2.24, 2.45) is 17.8 Å². The Bertz CT molecular complexity index is 311. The van der Waals surface area contributed by atoms with Crippen molar-refractivity contribution < 1.29 is 26.7 Å². The normalized spacial score (nSPS) is 36.4. The standard InChI is InChI=1S/C13H19NO.BrH/c1-10-7-14(8-11(2)15)9-12-5-3-4-6-13(10)12;/h3-6,10,12-13H,7-9H2,1-2H3;1H. The summed E-state index contributed by atoms with van der Waals surface area (Å²) in [5.74, 6) is 2.35. The van der Waals surface area contributed by atoms with Crippen LogP contribution in [-0.4, -0.2) is 25.4 Å². The molecule has 0 bridgehead atoms. The number of carbonyl (C=O) groups excluding carboxylic acids is 1. The van der Waals surface area contributed by atoms with Gasteiger partial charge in [-0.2, -0.15) is 0 Å². The van der Waals surface area contributed by atoms with Gasteiger partial charge in [-0.15, -0.1) is 0 Å². The molecule has 0 radical (unpaired) electrons. The summed E-state index contributed by atoms with van der Waals surface area (Å²) in [6.07, 6.45) is 8.94. The highest BCUT2D eigenvalue weighted by Crippen LogP contribution is 2.27. The van der Waals surface area contributed by atoms with Crippen LogP contribution in [0.25, 0.3) is 0 Å². The fourth-order valence-corrected chi connectivity index (χ4v) is 2.99. The molecule has 90 valence electrons. The Balaban J connectivity index is 0.00000128. The van der Waals surface area contributed by atoms with E-state index in [4.69, 9.17) is 0 Å². The van der Waals surface area contributed by atoms with Crippen LogP contribution < -0.4 is 21.9 Å². The maximum Gasteiger partial charge on any atom is 0.183 e. The predicted octanol–water partition coefficient (Wildman–Crippen LogP) is -2.53. The van der Waals surface area contributed by atoms with Crippen LogP contribution in [0.3, 0.4) is 0 Å². The SMILES string of the molecule is CC(=O)C[NH+]1CC(C)C2C=CC=CC2C1.[Br-]. The molecular formula is C13H20BrNO. The Morgan fingerprint density at radius 3 is 2.69 bits per heavy atom. The fourth-order valence-electron chi connectivity index (χ4n) is 2.99. The van der Waals surface area contributed by atoms with Gasteiger partial charge in [0.1, 0.15) is 6.54 Å². The Kier molecular flexibility index (Phi) is 4.93. The van der Waals surface area contributed by atoms with Gasteiger partial charge in [-0.3, -0.25) is 4.79 Å². The lowest BCUT2D eigenvalue weighted by molar-refractivity contribution is -0.904. The number of halogens is 1. The first-order valence-electron chi connectivity index (χ1n) is 5.85. The highest BCUT2D eigenvalue weighted by molar-refractivity contribution is 5.76. The zero-order chi connectivity index (χ0) is 10.8. The zero-order valence-electron chi connectivity index (χ0n) is 9.95. The summed E-state index contributed by atoms with van der Waals surface area (Å²) >= 11 is 0. The van der Waals surface area contributed by atoms with Gasteiger partial charge in [-0.1, -0.05) is 31.2 Å². The number of hydrogen-bond donors (Lipinski definition) is 1. The van der Waals surface area contributed by atoms with Crippen molar-refractivity contribution in [2.45, 2.75) is 13.8 Å². The molecule has 1 aliphatic carbocycles. The third-order valence-corrected chi connectivity index (χ3v) is 3.59. The molecule has 2 rings (SSSR count). The average molecular weight is 286 g/mol. The zero-order valence-corrected chi connectivity index (χ0v) is 11.5. The first kappa shape index (κ1) is 13.7. The molecule has 2 nitrogen and oxygen atoms in total. The smallest absolute Gasteiger partial charge is 0.183 e. The molecule has 0 saturated carbocycles. The van der Waals surface area contributed by atoms with Crippen molar-refractivity contribution in [1.82, 2.24) is 0 Å². The maximum absolute atomic E-state index is 11.1. The third-order valence-electron chi connectivity index (χ3n) is 3.59. The molecule has 1 aliphatic heterocycles. The number of quaternary nitrogens is 1. The highest BCUT2D eigenvalue weighted by atomic mass is 79.9. The van der Waals surface area contributed by atoms with Crippen LogP contribution in [0.5, 0.6) is 0 Å². The number of hydrogen-bond acceptors (Lipinski definition) is 1. The van der Waals surface area contributed by atoms with Gasteiger partial charge < -0.3 is 21.9 Å². The molecule has 1 heterocycles. The molecule has 16 heavy (non-hydrogen) atoms. The minimum absolute atomic E-state index is 0. The summed E-state index contributed by atoms with van der Waals surface area (Å²) in [7, 11) is 0. The first-order valence-corrected chi connectivity index (χ1v) is 5.85. The first-order chi connectivity index (χ1) is 7.16. The molecule has 0 amide bonds. The summed E-state index contributed by atoms with van der Waals surface area (Å²) in [5, 5.41) is 0. The lowest BCUT2D eigenvalue weighted by atomic mass is 9.76. The number of piperidine rings is 1. The maximum atomic E-state index is 11.1. The molecule has 1 N–H and O–H groups in total. The Hall–Kier alpha value is -0.410. The summed E-state index contributed by atoms with van der Waals surface area (Å²) in [6, 6.07) is 0. The minimum atomic E-state index is 0. The third kappa shape index (κ3) is 3.05. The monoisotopic (exact) mass is 285 g/mol. The molecule has 0 aromatic heterocycles. The van der Waals surface area contributed by atoms with Crippen LogP contribution in [0.15, 0.2) is 24.3 Å². The highest BCUT2D eigenvalue weighted by Gasteiger charge is 2.35. The minimum Gasteiger partial charge on any atom is -1.00 e. The largest absolute Gasteiger partial charge is 1.00 e. The van der Waals surface area contributed by atoms with Crippen LogP contribution >= 0.6 is 0 Å². The molecule has 4 unspecified atom stereocenters. The van der Waals surface area contributed by atoms with Gasteiger partial charge in [0.25, 0.3) is 0 Å². The lowest BCUT2D eigenvalue weighted by Gasteiger charge is -2.38. The van der Waals surface area contributed by atoms with Crippen LogP contribution in [0.4, 0.5) is 0 Å². The number of nitrogens with one attached hydrogen (secondary N) is 1. The molecule has 0 spiro atoms. The quantitative estimate of drug-likeness (QED) is 0.594. The number of ketones is 1. The topological polar surface area (TPSA) is 21.5 Å². The molecule has 3 heteroatoms. The van der Waals surface area contributed by atoms with Gasteiger partial charge in [0.2, 0.25) is 0 Å². The molecule has 1 fully saturated rings. The Morgan fingerprint density at radius 1 is 1.31 bits per heavy atom. The van der Waals surface area contributed by atoms with Gasteiger partial charge in [0.15, 0.2) is 5.78 Å². The fraction of sp³-hybridized carbons (Fsp3) is 0.615. The number of carbonyl (C=O) groups is 1. The lowest BCUT2D eigenvalue weighted by Crippen LogP contribution is -3.15. The molecular weight excluding hydrogens is 266 g/mol. The van der Waals surface area contributed by atoms with Crippen LogP contribution in [0, 0.1) is 17.8 Å². The van der Waals surface area contributed by atoms with Crippen molar-refractivity contribution in [1.29, 1.82) is 0 Å². The van der Waals surface area contributed by atoms with Crippen molar-refractivity contribution in [3.05, 3.63) is 24.3 Å². The van der Waals surface area contributed by atoms with Crippen LogP contribution in [0.2, 0.25) is 0 Å². The van der Waals surface area contributed by atoms with E-state index in [-0.39, 0.29) is 17.0 Å². The van der Waals surface area contributed by atoms with Crippen LogP contribution in [0.1, 0.15) is 13.8 Å². The predicted molar refractivity (Wildman–Crippen MR) is 60.7 cm³/mol. The van der Waals surface area contributed by atoms with E-state index in [1.54, 1.807) is 6.92 Å². The van der Waals surface area contributed by atoms with Crippen molar-refractivity contribution in [3.63, 3.8) is 0 Å². The number of fused-ring (bicyclic) bond motifs is 1. The van der Waals surface area contributed by atoms with E-state index < -0.39 is 0 Å². The van der Waals surface area contributed by atoms with Crippen molar-refractivity contribution >= 4 is 5.78 Å². The molecule has 4 atom stereocenters. The Labute approximate surface area is 108 Å². The Morgan fingerprint density at radius 2 is 2.00 bits per heavy atom. The number of likely N-dealkylation sites (tertiary alicyclic amines) is 1. The van der Waals surface area contributed by atoms with E-state index in [1.165, 1.54) is 4.90 Å². The summed E-state index contributed by atoms with van der Waals surface area (Å²) in [6.45, 7) is 6.96. The van der Waals surface area contributed by atoms with E-state index >= 15 is 0 Å². The van der Waals surface area contributed by atoms with Gasteiger partial charge in [-0.05, 0) is 5.92 Å². The van der Waals surface area contributed by atoms with E-state index in [1.807, 2.05) is 0 Å². The van der Waals surface area contributed by atoms with Gasteiger partial charge >= 0.3 is 0 Å². The summed E-state index contributed by atoms with van der Waals surface area (Å²) in [5.41, 5.74) is 0. The number of Topliss-reactive ketones (excluding diaryl/α,β-unsaturated/α-hetero) is 1. The van der Waals surface area contributed by atoms with Gasteiger partial charge in [0.05, 0.1) is 13.1 Å². The molecule has 0 aromatic carbocycles. The molecule has 1 saturated heterocycles. The van der Waals surface area contributed by atoms with E-state index in [9.17, 15) is 4.79 Å². The van der Waals surface area contributed by atoms with Crippen molar-refractivity contribution in [3.8, 4) is 0 Å². The van der Waals surface area contributed by atoms with Crippen molar-refractivity contribution in [2.75, 3.05) is 19.6 Å². The van der Waals surface area contributed by atoms with E-state index in [0.717, 1.165) is 13.1 Å².